The van der Waals surface area contributed by atoms with Crippen LogP contribution in [0.25, 0.3) is 0 Å². The molecule has 1 heterocycles. The Morgan fingerprint density at radius 1 is 1.04 bits per heavy atom. The molecule has 3 aromatic carbocycles. The molecule has 1 aliphatic heterocycles. The summed E-state index contributed by atoms with van der Waals surface area (Å²) in [5.74, 6) is -2.52. The summed E-state index contributed by atoms with van der Waals surface area (Å²) >= 11 is 6.08. The number of nitrogens with zero attached hydrogens (tertiary/aromatic N) is 1. The van der Waals surface area contributed by atoms with Crippen molar-refractivity contribution in [2.75, 3.05) is 25.5 Å². The van der Waals surface area contributed by atoms with Gasteiger partial charge in [-0.25, -0.2) is 17.6 Å². The molecule has 0 aliphatic carbocycles. The van der Waals surface area contributed by atoms with Crippen LogP contribution in [0.1, 0.15) is 44.2 Å². The summed E-state index contributed by atoms with van der Waals surface area (Å²) in [6.07, 6.45) is -5.65. The summed E-state index contributed by atoms with van der Waals surface area (Å²) in [6, 6.07) is 12.6. The van der Waals surface area contributed by atoms with Crippen LogP contribution in [0.2, 0.25) is 5.02 Å². The zero-order valence-corrected chi connectivity index (χ0v) is 29.3. The molecule has 3 aromatic rings. The van der Waals surface area contributed by atoms with Crippen LogP contribution in [0.5, 0.6) is 5.75 Å². The molecule has 1 saturated heterocycles. The van der Waals surface area contributed by atoms with Gasteiger partial charge in [-0.2, -0.15) is 4.31 Å². The number of amides is 2. The summed E-state index contributed by atoms with van der Waals surface area (Å²) in [5.41, 5.74) is 0.981. The van der Waals surface area contributed by atoms with Gasteiger partial charge in [0.25, 0.3) is 0 Å². The fourth-order valence-electron chi connectivity index (χ4n) is 6.20. The van der Waals surface area contributed by atoms with Crippen molar-refractivity contribution in [3.8, 4) is 5.75 Å². The minimum atomic E-state index is -4.94. The van der Waals surface area contributed by atoms with Gasteiger partial charge in [0.05, 0.1) is 12.0 Å². The number of alkyl carbamates (subject to hydrolysis) is 1. The van der Waals surface area contributed by atoms with Gasteiger partial charge < -0.3 is 25.4 Å². The first-order valence-corrected chi connectivity index (χ1v) is 17.6. The standard InChI is InChI=1S/C34H39ClF4N4O6S/c1-20(2)30(22-8-10-23(35)11-9-22)31(42-33(45)48-4)32(44)41-29-7-5-6-28(36)27(29)17-12-24-19-40-18-21(3)43(24)50(46,47)26-15-13-25(14-16-26)49-34(37,38)39/h5-11,13-16,20-21,24,30-31,40H,12,17-19H2,1-4H3,(H,41,44)(H,42,45)/t21-,24-,30?,31-/m0/s1. The Kier molecular flexibility index (Phi) is 12.8. The number of ether oxygens (including phenoxy) is 2. The van der Waals surface area contributed by atoms with Gasteiger partial charge in [-0.15, -0.1) is 13.2 Å². The average Bonchev–Trinajstić information content (AvgIpc) is 3.04. The number of hydrogen-bond acceptors (Lipinski definition) is 7. The highest BCUT2D eigenvalue weighted by Crippen LogP contribution is 2.32. The fraction of sp³-hybridized carbons (Fsp3) is 0.412. The maximum atomic E-state index is 15.4. The lowest BCUT2D eigenvalue weighted by molar-refractivity contribution is -0.274. The van der Waals surface area contributed by atoms with Crippen LogP contribution < -0.4 is 20.7 Å². The van der Waals surface area contributed by atoms with Gasteiger partial charge in [-0.3, -0.25) is 4.79 Å². The molecule has 1 aliphatic rings. The lowest BCUT2D eigenvalue weighted by atomic mass is 9.82. The molecule has 16 heteroatoms. The van der Waals surface area contributed by atoms with E-state index in [1.54, 1.807) is 31.2 Å². The largest absolute Gasteiger partial charge is 0.573 e. The summed E-state index contributed by atoms with van der Waals surface area (Å²) in [6.45, 7) is 5.99. The molecule has 4 rings (SSSR count). The normalized spacial score (nSPS) is 18.3. The van der Waals surface area contributed by atoms with Crippen molar-refractivity contribution in [2.45, 2.75) is 68.9 Å². The van der Waals surface area contributed by atoms with Crippen LogP contribution >= 0.6 is 11.6 Å². The van der Waals surface area contributed by atoms with Gasteiger partial charge in [-0.1, -0.05) is 43.6 Å². The van der Waals surface area contributed by atoms with E-state index in [2.05, 4.69) is 20.7 Å². The second kappa shape index (κ2) is 16.4. The monoisotopic (exact) mass is 742 g/mol. The number of piperazine rings is 1. The Morgan fingerprint density at radius 2 is 1.70 bits per heavy atom. The number of nitrogens with one attached hydrogen (secondary N) is 3. The smallest absolute Gasteiger partial charge is 0.453 e. The number of anilines is 1. The van der Waals surface area contributed by atoms with Crippen molar-refractivity contribution in [3.05, 3.63) is 88.7 Å². The van der Waals surface area contributed by atoms with Crippen LogP contribution in [-0.2, 0) is 26.0 Å². The number of sulfonamides is 1. The highest BCUT2D eigenvalue weighted by atomic mass is 35.5. The first kappa shape index (κ1) is 38.9. The highest BCUT2D eigenvalue weighted by Gasteiger charge is 2.39. The molecule has 1 fully saturated rings. The van der Waals surface area contributed by atoms with Gasteiger partial charge in [0.15, 0.2) is 0 Å². The fourth-order valence-corrected chi connectivity index (χ4v) is 8.17. The maximum Gasteiger partial charge on any atom is 0.573 e. The van der Waals surface area contributed by atoms with Crippen molar-refractivity contribution in [3.63, 3.8) is 0 Å². The van der Waals surface area contributed by atoms with Gasteiger partial charge >= 0.3 is 12.5 Å². The molecule has 3 N–H and O–H groups in total. The Hall–Kier alpha value is -3.92. The highest BCUT2D eigenvalue weighted by molar-refractivity contribution is 7.89. The van der Waals surface area contributed by atoms with Gasteiger partial charge in [0, 0.05) is 47.4 Å². The van der Waals surface area contributed by atoms with E-state index >= 15 is 4.39 Å². The Bertz CT molecular complexity index is 1740. The van der Waals surface area contributed by atoms with Crippen LogP contribution in [0, 0.1) is 11.7 Å². The molecule has 2 amide bonds. The quantitative estimate of drug-likeness (QED) is 0.182. The number of halogens is 5. The minimum Gasteiger partial charge on any atom is -0.453 e. The maximum absolute atomic E-state index is 15.4. The molecule has 10 nitrogen and oxygen atoms in total. The molecular formula is C34H39ClF4N4O6S. The molecule has 0 spiro atoms. The number of benzene rings is 3. The first-order valence-electron chi connectivity index (χ1n) is 15.8. The van der Waals surface area contributed by atoms with Crippen LogP contribution in [0.4, 0.5) is 28.0 Å². The topological polar surface area (TPSA) is 126 Å². The molecule has 272 valence electrons. The predicted octanol–water partition coefficient (Wildman–Crippen LogP) is 6.46. The Morgan fingerprint density at radius 3 is 2.30 bits per heavy atom. The zero-order chi connectivity index (χ0) is 36.8. The Balaban J connectivity index is 1.59. The average molecular weight is 743 g/mol. The lowest BCUT2D eigenvalue weighted by Crippen LogP contribution is -2.58. The number of carbonyl (C=O) groups excluding carboxylic acids is 2. The lowest BCUT2D eigenvalue weighted by Gasteiger charge is -2.40. The number of alkyl halides is 3. The number of rotatable bonds is 12. The number of carbonyl (C=O) groups is 2. The van der Waals surface area contributed by atoms with E-state index in [0.717, 1.165) is 29.8 Å². The summed E-state index contributed by atoms with van der Waals surface area (Å²) in [4.78, 5) is 26.1. The zero-order valence-electron chi connectivity index (χ0n) is 27.8. The molecule has 0 aromatic heterocycles. The summed E-state index contributed by atoms with van der Waals surface area (Å²) in [5, 5.41) is 9.05. The van der Waals surface area contributed by atoms with Gasteiger partial charge in [-0.05, 0) is 79.8 Å². The van der Waals surface area contributed by atoms with Crippen molar-refractivity contribution >= 4 is 39.3 Å². The van der Waals surface area contributed by atoms with Gasteiger partial charge in [0.2, 0.25) is 15.9 Å². The predicted molar refractivity (Wildman–Crippen MR) is 180 cm³/mol. The van der Waals surface area contributed by atoms with Crippen molar-refractivity contribution in [2.24, 2.45) is 5.92 Å². The van der Waals surface area contributed by atoms with Crippen molar-refractivity contribution in [1.29, 1.82) is 0 Å². The molecular weight excluding hydrogens is 704 g/mol. The molecule has 50 heavy (non-hydrogen) atoms. The van der Waals surface area contributed by atoms with E-state index in [-0.39, 0.29) is 41.5 Å². The van der Waals surface area contributed by atoms with Gasteiger partial charge in [0.1, 0.15) is 17.6 Å². The van der Waals surface area contributed by atoms with Crippen LogP contribution in [0.15, 0.2) is 71.6 Å². The third-order valence-corrected chi connectivity index (χ3v) is 10.8. The summed E-state index contributed by atoms with van der Waals surface area (Å²) < 4.78 is 90.9. The van der Waals surface area contributed by atoms with Crippen molar-refractivity contribution in [1.82, 2.24) is 14.9 Å². The van der Waals surface area contributed by atoms with E-state index in [0.29, 0.717) is 11.6 Å². The van der Waals surface area contributed by atoms with Crippen molar-refractivity contribution < 1.29 is 45.0 Å². The summed E-state index contributed by atoms with van der Waals surface area (Å²) in [7, 11) is -3.03. The number of methoxy groups -OCH3 is 1. The van der Waals surface area contributed by atoms with E-state index < -0.39 is 64.0 Å². The second-order valence-electron chi connectivity index (χ2n) is 12.2. The molecule has 0 saturated carbocycles. The molecule has 4 atom stereocenters. The van der Waals surface area contributed by atoms with E-state index in [4.69, 9.17) is 16.3 Å². The van der Waals surface area contributed by atoms with E-state index in [1.807, 2.05) is 13.8 Å². The SMILES string of the molecule is COC(=O)N[C@H](C(=O)Nc1cccc(F)c1CC[C@H]1CNC[C@H](C)N1S(=O)(=O)c1ccc(OC(F)(F)F)cc1)C(c1ccc(Cl)cc1)C(C)C. The third kappa shape index (κ3) is 9.65. The van der Waals surface area contributed by atoms with E-state index in [9.17, 15) is 31.2 Å². The number of hydrogen-bond donors (Lipinski definition) is 3. The van der Waals surface area contributed by atoms with Crippen LogP contribution in [0.3, 0.4) is 0 Å². The second-order valence-corrected chi connectivity index (χ2v) is 14.5. The third-order valence-electron chi connectivity index (χ3n) is 8.42. The molecule has 0 bridgehead atoms. The Labute approximate surface area is 293 Å². The molecule has 1 unspecified atom stereocenters. The molecule has 0 radical (unpaired) electrons. The first-order chi connectivity index (χ1) is 23.5. The van der Waals surface area contributed by atoms with E-state index in [1.165, 1.54) is 29.6 Å². The van der Waals surface area contributed by atoms with Crippen LogP contribution in [-0.4, -0.2) is 69.4 Å². The minimum absolute atomic E-state index is 0.00558.